The lowest BCUT2D eigenvalue weighted by molar-refractivity contribution is 0.0600. The first-order chi connectivity index (χ1) is 7.72. The first-order valence-corrected chi connectivity index (χ1v) is 5.33. The predicted octanol–water partition coefficient (Wildman–Crippen LogP) is 2.04. The highest BCUT2D eigenvalue weighted by atomic mass is 19.1. The Morgan fingerprint density at radius 2 is 2.38 bits per heavy atom. The van der Waals surface area contributed by atoms with Gasteiger partial charge in [-0.2, -0.15) is 0 Å². The number of rotatable bonds is 2. The zero-order valence-corrected chi connectivity index (χ0v) is 9.13. The molecule has 1 aliphatic heterocycles. The minimum Gasteiger partial charge on any atom is -0.465 e. The molecule has 4 heteroatoms. The number of benzene rings is 1. The van der Waals surface area contributed by atoms with Crippen molar-refractivity contribution in [2.24, 2.45) is 0 Å². The van der Waals surface area contributed by atoms with Crippen LogP contribution in [0.4, 0.5) is 4.39 Å². The van der Waals surface area contributed by atoms with Gasteiger partial charge in [0.15, 0.2) is 0 Å². The molecule has 0 saturated carbocycles. The van der Waals surface area contributed by atoms with Gasteiger partial charge < -0.3 is 10.1 Å². The summed E-state index contributed by atoms with van der Waals surface area (Å²) in [5.74, 6) is -0.855. The number of carbonyl (C=O) groups excluding carboxylic acids is 1. The summed E-state index contributed by atoms with van der Waals surface area (Å²) < 4.78 is 18.3. The summed E-state index contributed by atoms with van der Waals surface area (Å²) in [5.41, 5.74) is 0.881. The van der Waals surface area contributed by atoms with Gasteiger partial charge in [-0.15, -0.1) is 0 Å². The highest BCUT2D eigenvalue weighted by Gasteiger charge is 2.20. The summed E-state index contributed by atoms with van der Waals surface area (Å²) in [4.78, 5) is 11.2. The maximum Gasteiger partial charge on any atom is 0.337 e. The Morgan fingerprint density at radius 1 is 1.56 bits per heavy atom. The van der Waals surface area contributed by atoms with Gasteiger partial charge in [0.05, 0.1) is 12.7 Å². The van der Waals surface area contributed by atoms with Crippen molar-refractivity contribution in [3.8, 4) is 0 Å². The van der Waals surface area contributed by atoms with Gasteiger partial charge in [-0.1, -0.05) is 6.07 Å². The maximum atomic E-state index is 13.8. The van der Waals surface area contributed by atoms with Crippen LogP contribution in [0.1, 0.15) is 34.8 Å². The zero-order chi connectivity index (χ0) is 11.5. The summed E-state index contributed by atoms with van der Waals surface area (Å²) >= 11 is 0. The second-order valence-corrected chi connectivity index (χ2v) is 3.88. The van der Waals surface area contributed by atoms with E-state index in [0.717, 1.165) is 19.4 Å². The second kappa shape index (κ2) is 4.61. The SMILES string of the molecule is COC(=O)c1ccc([C@@H]2CCCN2)c(F)c1. The predicted molar refractivity (Wildman–Crippen MR) is 57.7 cm³/mol. The van der Waals surface area contributed by atoms with Crippen LogP contribution in [0.25, 0.3) is 0 Å². The monoisotopic (exact) mass is 223 g/mol. The molecule has 0 amide bonds. The average molecular weight is 223 g/mol. The van der Waals surface area contributed by atoms with E-state index in [1.54, 1.807) is 12.1 Å². The average Bonchev–Trinajstić information content (AvgIpc) is 2.81. The van der Waals surface area contributed by atoms with E-state index >= 15 is 0 Å². The topological polar surface area (TPSA) is 38.3 Å². The van der Waals surface area contributed by atoms with E-state index in [0.29, 0.717) is 5.56 Å². The molecule has 2 rings (SSSR count). The number of methoxy groups -OCH3 is 1. The van der Waals surface area contributed by atoms with Crippen molar-refractivity contribution in [3.63, 3.8) is 0 Å². The Labute approximate surface area is 93.6 Å². The van der Waals surface area contributed by atoms with Gasteiger partial charge in [0.1, 0.15) is 5.82 Å². The van der Waals surface area contributed by atoms with Gasteiger partial charge in [-0.05, 0) is 31.5 Å². The number of carbonyl (C=O) groups is 1. The van der Waals surface area contributed by atoms with Gasteiger partial charge in [0, 0.05) is 11.6 Å². The van der Waals surface area contributed by atoms with E-state index in [1.807, 2.05) is 0 Å². The number of halogens is 1. The smallest absolute Gasteiger partial charge is 0.337 e. The van der Waals surface area contributed by atoms with E-state index in [1.165, 1.54) is 13.2 Å². The Kier molecular flexibility index (Phi) is 3.19. The van der Waals surface area contributed by atoms with Crippen LogP contribution in [-0.2, 0) is 4.74 Å². The Morgan fingerprint density at radius 3 is 2.94 bits per heavy atom. The molecule has 1 fully saturated rings. The third kappa shape index (κ3) is 2.07. The fourth-order valence-electron chi connectivity index (χ4n) is 2.00. The molecule has 1 N–H and O–H groups in total. The largest absolute Gasteiger partial charge is 0.465 e. The van der Waals surface area contributed by atoms with E-state index in [2.05, 4.69) is 10.1 Å². The summed E-state index contributed by atoms with van der Waals surface area (Å²) in [7, 11) is 1.28. The number of ether oxygens (including phenoxy) is 1. The molecule has 16 heavy (non-hydrogen) atoms. The summed E-state index contributed by atoms with van der Waals surface area (Å²) in [6.07, 6.45) is 2.00. The Bertz CT molecular complexity index is 400. The van der Waals surface area contributed by atoms with E-state index in [4.69, 9.17) is 0 Å². The second-order valence-electron chi connectivity index (χ2n) is 3.88. The first-order valence-electron chi connectivity index (χ1n) is 5.33. The highest BCUT2D eigenvalue weighted by Crippen LogP contribution is 2.25. The molecular weight excluding hydrogens is 209 g/mol. The van der Waals surface area contributed by atoms with E-state index in [-0.39, 0.29) is 17.4 Å². The fraction of sp³-hybridized carbons (Fsp3) is 0.417. The van der Waals surface area contributed by atoms with Gasteiger partial charge in [0.25, 0.3) is 0 Å². The van der Waals surface area contributed by atoms with Crippen molar-refractivity contribution in [1.29, 1.82) is 0 Å². The van der Waals surface area contributed by atoms with Crippen LogP contribution >= 0.6 is 0 Å². The van der Waals surface area contributed by atoms with Crippen LogP contribution in [0.2, 0.25) is 0 Å². The van der Waals surface area contributed by atoms with Gasteiger partial charge in [0.2, 0.25) is 0 Å². The highest BCUT2D eigenvalue weighted by molar-refractivity contribution is 5.89. The summed E-state index contributed by atoms with van der Waals surface area (Å²) in [6, 6.07) is 4.57. The third-order valence-electron chi connectivity index (χ3n) is 2.86. The van der Waals surface area contributed by atoms with Crippen molar-refractivity contribution in [3.05, 3.63) is 35.1 Å². The zero-order valence-electron chi connectivity index (χ0n) is 9.13. The standard InChI is InChI=1S/C12H14FNO2/c1-16-12(15)8-4-5-9(10(13)7-8)11-3-2-6-14-11/h4-5,7,11,14H,2-3,6H2,1H3/t11-/m0/s1. The minimum atomic E-state index is -0.509. The minimum absolute atomic E-state index is 0.0756. The molecule has 0 radical (unpaired) electrons. The number of nitrogens with one attached hydrogen (secondary N) is 1. The van der Waals surface area contributed by atoms with Crippen molar-refractivity contribution >= 4 is 5.97 Å². The van der Waals surface area contributed by atoms with Crippen LogP contribution in [0.15, 0.2) is 18.2 Å². The maximum absolute atomic E-state index is 13.8. The molecule has 0 bridgehead atoms. The molecule has 0 aromatic heterocycles. The first kappa shape index (κ1) is 11.1. The molecule has 0 unspecified atom stereocenters. The molecular formula is C12H14FNO2. The lowest BCUT2D eigenvalue weighted by atomic mass is 10.0. The van der Waals surface area contributed by atoms with Gasteiger partial charge in [-0.25, -0.2) is 9.18 Å². The summed E-state index contributed by atoms with van der Waals surface area (Å²) in [6.45, 7) is 0.920. The van der Waals surface area contributed by atoms with Crippen molar-refractivity contribution < 1.29 is 13.9 Å². The third-order valence-corrected chi connectivity index (χ3v) is 2.86. The molecule has 1 atom stereocenters. The summed E-state index contributed by atoms with van der Waals surface area (Å²) in [5, 5.41) is 3.22. The Balaban J connectivity index is 2.25. The van der Waals surface area contributed by atoms with Crippen molar-refractivity contribution in [2.75, 3.05) is 13.7 Å². The molecule has 1 aromatic carbocycles. The van der Waals surface area contributed by atoms with E-state index < -0.39 is 5.97 Å². The van der Waals surface area contributed by atoms with Crippen LogP contribution < -0.4 is 5.32 Å². The molecule has 1 heterocycles. The molecule has 1 aromatic rings. The molecule has 1 aliphatic rings. The lowest BCUT2D eigenvalue weighted by Crippen LogP contribution is -2.15. The molecule has 86 valence electrons. The number of esters is 1. The van der Waals surface area contributed by atoms with Gasteiger partial charge >= 0.3 is 5.97 Å². The molecule has 0 spiro atoms. The molecule has 3 nitrogen and oxygen atoms in total. The Hall–Kier alpha value is -1.42. The molecule has 0 aliphatic carbocycles. The van der Waals surface area contributed by atoms with Crippen molar-refractivity contribution in [2.45, 2.75) is 18.9 Å². The van der Waals surface area contributed by atoms with E-state index in [9.17, 15) is 9.18 Å². The quantitative estimate of drug-likeness (QED) is 0.780. The lowest BCUT2D eigenvalue weighted by Gasteiger charge is -2.12. The number of hydrogen-bond donors (Lipinski definition) is 1. The van der Waals surface area contributed by atoms with Gasteiger partial charge in [-0.3, -0.25) is 0 Å². The van der Waals surface area contributed by atoms with Crippen LogP contribution in [0.3, 0.4) is 0 Å². The van der Waals surface area contributed by atoms with Crippen LogP contribution in [-0.4, -0.2) is 19.6 Å². The van der Waals surface area contributed by atoms with Crippen LogP contribution in [0.5, 0.6) is 0 Å². The molecule has 1 saturated heterocycles. The fourth-order valence-corrected chi connectivity index (χ4v) is 2.00. The normalized spacial score (nSPS) is 19.8. The van der Waals surface area contributed by atoms with Crippen molar-refractivity contribution in [1.82, 2.24) is 5.32 Å². The van der Waals surface area contributed by atoms with Crippen LogP contribution in [0, 0.1) is 5.82 Å². The number of hydrogen-bond acceptors (Lipinski definition) is 3.